The molecule has 32 heavy (non-hydrogen) atoms. The molecule has 8 nitrogen and oxygen atoms in total. The lowest BCUT2D eigenvalue weighted by molar-refractivity contribution is -0.137. The molecule has 166 valence electrons. The SMILES string of the molecule is Cc1ccc(-n2cnc(-c3nc(NC4CCNCC4C)ncc3C(F)(F)F)c2)c(C#N)n1. The van der Waals surface area contributed by atoms with Crippen LogP contribution in [0.5, 0.6) is 0 Å². The fourth-order valence-corrected chi connectivity index (χ4v) is 3.67. The van der Waals surface area contributed by atoms with E-state index < -0.39 is 11.7 Å². The fraction of sp³-hybridized carbons (Fsp3) is 0.381. The van der Waals surface area contributed by atoms with Crippen molar-refractivity contribution in [2.75, 3.05) is 18.4 Å². The Labute approximate surface area is 182 Å². The van der Waals surface area contributed by atoms with Crippen LogP contribution in [0.15, 0.2) is 30.9 Å². The van der Waals surface area contributed by atoms with Gasteiger partial charge in [0.2, 0.25) is 5.95 Å². The minimum absolute atomic E-state index is 0.0191. The number of pyridine rings is 1. The van der Waals surface area contributed by atoms with Crippen LogP contribution in [0.25, 0.3) is 17.1 Å². The van der Waals surface area contributed by atoms with Gasteiger partial charge >= 0.3 is 6.18 Å². The second-order valence-corrected chi connectivity index (χ2v) is 7.77. The van der Waals surface area contributed by atoms with Crippen molar-refractivity contribution in [3.05, 3.63) is 47.8 Å². The lowest BCUT2D eigenvalue weighted by Crippen LogP contribution is -2.42. The van der Waals surface area contributed by atoms with Crippen molar-refractivity contribution < 1.29 is 13.2 Å². The first kappa shape index (κ1) is 21.7. The maximum absolute atomic E-state index is 13.7. The summed E-state index contributed by atoms with van der Waals surface area (Å²) in [6.45, 7) is 5.42. The molecule has 1 aliphatic heterocycles. The molecule has 2 unspecified atom stereocenters. The molecular formula is C21H21F3N8. The number of aryl methyl sites for hydroxylation is 1. The van der Waals surface area contributed by atoms with Crippen LogP contribution in [0, 0.1) is 24.2 Å². The predicted octanol–water partition coefficient (Wildman–Crippen LogP) is 3.33. The second kappa shape index (κ2) is 8.55. The van der Waals surface area contributed by atoms with Crippen LogP contribution in [-0.2, 0) is 6.18 Å². The number of nitriles is 1. The molecule has 2 N–H and O–H groups in total. The highest BCUT2D eigenvalue weighted by Crippen LogP contribution is 2.36. The van der Waals surface area contributed by atoms with E-state index in [-0.39, 0.29) is 35.0 Å². The number of anilines is 1. The average molecular weight is 442 g/mol. The number of hydrogen-bond donors (Lipinski definition) is 2. The molecule has 0 bridgehead atoms. The number of aromatic nitrogens is 5. The summed E-state index contributed by atoms with van der Waals surface area (Å²) in [7, 11) is 0. The number of alkyl halides is 3. The third-order valence-electron chi connectivity index (χ3n) is 5.42. The van der Waals surface area contributed by atoms with Gasteiger partial charge in [0.05, 0.1) is 5.69 Å². The summed E-state index contributed by atoms with van der Waals surface area (Å²) in [5.74, 6) is 0.395. The standard InChI is InChI=1S/C21H21F3N8/c1-12-8-26-6-5-15(12)30-20-27-9-14(21(22,23)24)19(31-20)17-10-32(11-28-17)18-4-3-13(2)29-16(18)7-25/h3-4,9-12,15,26H,5-6,8H2,1-2H3,(H,27,30,31). The first-order valence-electron chi connectivity index (χ1n) is 10.1. The van der Waals surface area contributed by atoms with Crippen molar-refractivity contribution in [3.8, 4) is 23.1 Å². The van der Waals surface area contributed by atoms with Gasteiger partial charge in [0.25, 0.3) is 0 Å². The van der Waals surface area contributed by atoms with Crippen molar-refractivity contribution in [2.24, 2.45) is 5.92 Å². The van der Waals surface area contributed by atoms with Gasteiger partial charge in [-0.25, -0.2) is 19.9 Å². The van der Waals surface area contributed by atoms with Crippen molar-refractivity contribution in [3.63, 3.8) is 0 Å². The molecule has 3 aromatic heterocycles. The minimum Gasteiger partial charge on any atom is -0.351 e. The Morgan fingerprint density at radius 3 is 2.78 bits per heavy atom. The van der Waals surface area contributed by atoms with Gasteiger partial charge in [-0.15, -0.1) is 0 Å². The molecule has 0 aliphatic carbocycles. The number of imidazole rings is 1. The molecule has 3 aromatic rings. The zero-order valence-electron chi connectivity index (χ0n) is 17.5. The van der Waals surface area contributed by atoms with E-state index in [4.69, 9.17) is 0 Å². The normalized spacial score (nSPS) is 18.9. The Balaban J connectivity index is 1.73. The van der Waals surface area contributed by atoms with Crippen LogP contribution in [0.4, 0.5) is 19.1 Å². The Morgan fingerprint density at radius 1 is 1.25 bits per heavy atom. The van der Waals surface area contributed by atoms with E-state index >= 15 is 0 Å². The fourth-order valence-electron chi connectivity index (χ4n) is 3.67. The summed E-state index contributed by atoms with van der Waals surface area (Å²) in [5, 5.41) is 15.8. The summed E-state index contributed by atoms with van der Waals surface area (Å²) in [6, 6.07) is 5.43. The highest BCUT2D eigenvalue weighted by molar-refractivity contribution is 5.61. The molecule has 0 radical (unpaired) electrons. The number of halogens is 3. The molecule has 0 amide bonds. The van der Waals surface area contributed by atoms with Gasteiger partial charge in [-0.1, -0.05) is 6.92 Å². The summed E-state index contributed by atoms with van der Waals surface area (Å²) in [4.78, 5) is 16.4. The van der Waals surface area contributed by atoms with Gasteiger partial charge in [-0.05, 0) is 44.5 Å². The summed E-state index contributed by atoms with van der Waals surface area (Å²) < 4.78 is 42.5. The summed E-state index contributed by atoms with van der Waals surface area (Å²) in [6.07, 6.45) is -0.312. The second-order valence-electron chi connectivity index (χ2n) is 7.77. The number of nitrogens with zero attached hydrogens (tertiary/aromatic N) is 6. The molecular weight excluding hydrogens is 421 g/mol. The Morgan fingerprint density at radius 2 is 2.06 bits per heavy atom. The van der Waals surface area contributed by atoms with E-state index in [0.717, 1.165) is 25.7 Å². The summed E-state index contributed by atoms with van der Waals surface area (Å²) in [5.41, 5.74) is -0.0614. The quantitative estimate of drug-likeness (QED) is 0.639. The Bertz CT molecular complexity index is 1160. The Hall–Kier alpha value is -3.52. The zero-order chi connectivity index (χ0) is 22.9. The zero-order valence-corrected chi connectivity index (χ0v) is 17.5. The highest BCUT2D eigenvalue weighted by atomic mass is 19.4. The average Bonchev–Trinajstić information content (AvgIpc) is 3.24. The first-order valence-corrected chi connectivity index (χ1v) is 10.1. The van der Waals surface area contributed by atoms with Gasteiger partial charge < -0.3 is 15.2 Å². The van der Waals surface area contributed by atoms with Crippen LogP contribution in [0.2, 0.25) is 0 Å². The van der Waals surface area contributed by atoms with Crippen LogP contribution in [-0.4, -0.2) is 43.6 Å². The molecule has 0 aromatic carbocycles. The van der Waals surface area contributed by atoms with Gasteiger partial charge in [0, 0.05) is 24.1 Å². The third-order valence-corrected chi connectivity index (χ3v) is 5.42. The third kappa shape index (κ3) is 4.40. The van der Waals surface area contributed by atoms with Crippen LogP contribution in [0.3, 0.4) is 0 Å². The van der Waals surface area contributed by atoms with Gasteiger partial charge in [0.15, 0.2) is 5.69 Å². The molecule has 0 spiro atoms. The minimum atomic E-state index is -4.65. The number of piperidine rings is 1. The molecule has 4 heterocycles. The molecule has 2 atom stereocenters. The van der Waals surface area contributed by atoms with Crippen molar-refractivity contribution >= 4 is 5.95 Å². The smallest absolute Gasteiger partial charge is 0.351 e. The van der Waals surface area contributed by atoms with E-state index in [1.54, 1.807) is 19.1 Å². The molecule has 1 saturated heterocycles. The lowest BCUT2D eigenvalue weighted by atomic mass is 9.95. The molecule has 1 aliphatic rings. The maximum Gasteiger partial charge on any atom is 0.420 e. The Kier molecular flexibility index (Phi) is 5.80. The van der Waals surface area contributed by atoms with Crippen molar-refractivity contribution in [1.29, 1.82) is 5.26 Å². The molecule has 1 fully saturated rings. The van der Waals surface area contributed by atoms with Crippen LogP contribution < -0.4 is 10.6 Å². The molecule has 0 saturated carbocycles. The first-order chi connectivity index (χ1) is 15.3. The van der Waals surface area contributed by atoms with E-state index in [9.17, 15) is 18.4 Å². The van der Waals surface area contributed by atoms with Crippen molar-refractivity contribution in [1.82, 2.24) is 29.8 Å². The van der Waals surface area contributed by atoms with E-state index in [2.05, 4.69) is 37.5 Å². The highest BCUT2D eigenvalue weighted by Gasteiger charge is 2.36. The van der Waals surface area contributed by atoms with Crippen LogP contribution >= 0.6 is 0 Å². The van der Waals surface area contributed by atoms with Crippen molar-refractivity contribution in [2.45, 2.75) is 32.5 Å². The summed E-state index contributed by atoms with van der Waals surface area (Å²) >= 11 is 0. The van der Waals surface area contributed by atoms with E-state index in [1.165, 1.54) is 17.1 Å². The van der Waals surface area contributed by atoms with Crippen LogP contribution in [0.1, 0.15) is 30.3 Å². The molecule has 11 heteroatoms. The van der Waals surface area contributed by atoms with E-state index in [0.29, 0.717) is 11.4 Å². The topological polar surface area (TPSA) is 104 Å². The number of nitrogens with one attached hydrogen (secondary N) is 2. The predicted molar refractivity (Wildman–Crippen MR) is 111 cm³/mol. The number of rotatable bonds is 4. The van der Waals surface area contributed by atoms with Gasteiger partial charge in [-0.3, -0.25) is 0 Å². The lowest BCUT2D eigenvalue weighted by Gasteiger charge is -2.30. The number of hydrogen-bond acceptors (Lipinski definition) is 7. The molecule has 4 rings (SSSR count). The van der Waals surface area contributed by atoms with Gasteiger partial charge in [-0.2, -0.15) is 18.4 Å². The van der Waals surface area contributed by atoms with Gasteiger partial charge in [0.1, 0.15) is 29.3 Å². The van der Waals surface area contributed by atoms with E-state index in [1.807, 2.05) is 6.07 Å². The largest absolute Gasteiger partial charge is 0.420 e. The maximum atomic E-state index is 13.7. The monoisotopic (exact) mass is 442 g/mol.